The third-order valence-corrected chi connectivity index (χ3v) is 5.66. The normalized spacial score (nSPS) is 19.6. The van der Waals surface area contributed by atoms with E-state index in [2.05, 4.69) is 21.6 Å². The molecule has 0 unspecified atom stereocenters. The third kappa shape index (κ3) is 5.03. The summed E-state index contributed by atoms with van der Waals surface area (Å²) in [6.45, 7) is 0.939. The van der Waals surface area contributed by atoms with Crippen molar-refractivity contribution >= 4 is 0 Å². The van der Waals surface area contributed by atoms with Gasteiger partial charge in [-0.1, -0.05) is 32.6 Å². The highest BCUT2D eigenvalue weighted by atomic mass is 19.1. The van der Waals surface area contributed by atoms with Gasteiger partial charge in [0.15, 0.2) is 23.2 Å². The first kappa shape index (κ1) is 20.6. The lowest BCUT2D eigenvalue weighted by atomic mass is 9.77. The van der Waals surface area contributed by atoms with E-state index < -0.39 is 24.2 Å². The molecule has 1 heterocycles. The Morgan fingerprint density at radius 2 is 1.64 bits per heavy atom. The average Bonchev–Trinajstić information content (AvgIpc) is 2.71. The van der Waals surface area contributed by atoms with Crippen LogP contribution in [0.15, 0.2) is 24.5 Å². The number of unbranched alkanes of at least 4 members (excludes halogenated alkanes) is 2. The molecule has 1 aliphatic rings. The van der Waals surface area contributed by atoms with Crippen LogP contribution < -0.4 is 4.74 Å². The van der Waals surface area contributed by atoms with Crippen molar-refractivity contribution in [2.75, 3.05) is 6.86 Å². The Balaban J connectivity index is 1.63. The van der Waals surface area contributed by atoms with Crippen LogP contribution in [-0.4, -0.2) is 16.8 Å². The summed E-state index contributed by atoms with van der Waals surface area (Å²) in [7, 11) is 0. The Morgan fingerprint density at radius 3 is 2.21 bits per heavy atom. The van der Waals surface area contributed by atoms with E-state index in [0.29, 0.717) is 5.92 Å². The van der Waals surface area contributed by atoms with Crippen LogP contribution >= 0.6 is 0 Å². The van der Waals surface area contributed by atoms with E-state index in [1.54, 1.807) is 12.4 Å². The predicted molar refractivity (Wildman–Crippen MR) is 103 cm³/mol. The lowest BCUT2D eigenvalue weighted by Crippen LogP contribution is -2.14. The van der Waals surface area contributed by atoms with Crippen LogP contribution in [0.2, 0.25) is 0 Å². The highest BCUT2D eigenvalue weighted by Gasteiger charge is 2.23. The Morgan fingerprint density at radius 1 is 1.00 bits per heavy atom. The number of benzene rings is 1. The number of alkyl halides is 1. The molecule has 6 heteroatoms. The first-order valence-electron chi connectivity index (χ1n) is 10.1. The monoisotopic (exact) mass is 392 g/mol. The molecule has 0 atom stereocenters. The van der Waals surface area contributed by atoms with Crippen molar-refractivity contribution in [1.29, 1.82) is 0 Å². The molecular weight excluding hydrogens is 365 g/mol. The summed E-state index contributed by atoms with van der Waals surface area (Å²) in [6.07, 6.45) is 13.5. The minimum atomic E-state index is -1.29. The predicted octanol–water partition coefficient (Wildman–Crippen LogP) is 6.58. The summed E-state index contributed by atoms with van der Waals surface area (Å²) in [5, 5.41) is 0. The number of hydrogen-bond acceptors (Lipinski definition) is 3. The van der Waals surface area contributed by atoms with E-state index in [1.807, 2.05) is 0 Å². The van der Waals surface area contributed by atoms with Gasteiger partial charge in [-0.2, -0.15) is 0 Å². The molecule has 0 spiro atoms. The van der Waals surface area contributed by atoms with Gasteiger partial charge in [0.1, 0.15) is 0 Å². The molecule has 2 aromatic rings. The van der Waals surface area contributed by atoms with Crippen molar-refractivity contribution in [2.24, 2.45) is 5.92 Å². The molecule has 0 amide bonds. The first-order valence-corrected chi connectivity index (χ1v) is 10.1. The molecule has 0 aliphatic heterocycles. The van der Waals surface area contributed by atoms with Gasteiger partial charge in [0, 0.05) is 18.0 Å². The third-order valence-electron chi connectivity index (χ3n) is 5.66. The van der Waals surface area contributed by atoms with Gasteiger partial charge in [0.05, 0.1) is 0 Å². The van der Waals surface area contributed by atoms with E-state index in [1.165, 1.54) is 38.5 Å². The van der Waals surface area contributed by atoms with Crippen LogP contribution in [0.5, 0.6) is 5.75 Å². The number of nitrogens with zero attached hydrogens (tertiary/aromatic N) is 2. The van der Waals surface area contributed by atoms with Gasteiger partial charge in [-0.15, -0.1) is 0 Å². The van der Waals surface area contributed by atoms with E-state index in [4.69, 9.17) is 0 Å². The van der Waals surface area contributed by atoms with Gasteiger partial charge >= 0.3 is 0 Å². The quantitative estimate of drug-likeness (QED) is 0.476. The van der Waals surface area contributed by atoms with E-state index in [-0.39, 0.29) is 11.4 Å². The van der Waals surface area contributed by atoms with Crippen LogP contribution in [0, 0.1) is 17.6 Å². The molecule has 0 saturated heterocycles. The number of hydrogen-bond donors (Lipinski definition) is 0. The number of aromatic nitrogens is 2. The topological polar surface area (TPSA) is 35.0 Å². The van der Waals surface area contributed by atoms with Crippen molar-refractivity contribution in [3.8, 4) is 17.1 Å². The minimum absolute atomic E-state index is 0.201. The zero-order valence-electron chi connectivity index (χ0n) is 16.3. The van der Waals surface area contributed by atoms with E-state index >= 15 is 0 Å². The lowest BCUT2D eigenvalue weighted by molar-refractivity contribution is 0.176. The standard InChI is InChI=1S/C22H27F3N2O/c1-2-3-4-5-15-6-8-16(9-7-15)18-12-26-22(27-13-18)17-10-19(24)21(28-14-23)20(25)11-17/h10-13,15-16H,2-9,14H2,1H3. The summed E-state index contributed by atoms with van der Waals surface area (Å²) in [4.78, 5) is 8.60. The molecule has 3 nitrogen and oxygen atoms in total. The molecule has 0 N–H and O–H groups in total. The summed E-state index contributed by atoms with van der Waals surface area (Å²) >= 11 is 0. The maximum atomic E-state index is 13.9. The highest BCUT2D eigenvalue weighted by Crippen LogP contribution is 2.37. The molecule has 152 valence electrons. The van der Waals surface area contributed by atoms with Crippen molar-refractivity contribution in [1.82, 2.24) is 9.97 Å². The Bertz CT molecular complexity index is 736. The summed E-state index contributed by atoms with van der Waals surface area (Å²) in [6, 6.07) is 2.12. The summed E-state index contributed by atoms with van der Waals surface area (Å²) < 4.78 is 44.4. The van der Waals surface area contributed by atoms with Crippen molar-refractivity contribution in [3.63, 3.8) is 0 Å². The second-order valence-corrected chi connectivity index (χ2v) is 7.58. The van der Waals surface area contributed by atoms with Crippen LogP contribution in [0.1, 0.15) is 69.8 Å². The summed E-state index contributed by atoms with van der Waals surface area (Å²) in [5.41, 5.74) is 1.28. The minimum Gasteiger partial charge on any atom is -0.457 e. The van der Waals surface area contributed by atoms with Gasteiger partial charge in [0.2, 0.25) is 6.86 Å². The molecule has 1 fully saturated rings. The van der Waals surface area contributed by atoms with Crippen LogP contribution in [-0.2, 0) is 0 Å². The second-order valence-electron chi connectivity index (χ2n) is 7.58. The maximum Gasteiger partial charge on any atom is 0.228 e. The molecule has 28 heavy (non-hydrogen) atoms. The highest BCUT2D eigenvalue weighted by molar-refractivity contribution is 5.57. The van der Waals surface area contributed by atoms with Crippen LogP contribution in [0.25, 0.3) is 11.4 Å². The maximum absolute atomic E-state index is 13.9. The van der Waals surface area contributed by atoms with E-state index in [9.17, 15) is 13.2 Å². The fraction of sp³-hybridized carbons (Fsp3) is 0.545. The number of ether oxygens (including phenoxy) is 1. The Hall–Kier alpha value is -2.11. The largest absolute Gasteiger partial charge is 0.457 e. The van der Waals surface area contributed by atoms with Crippen molar-refractivity contribution in [3.05, 3.63) is 41.7 Å². The molecule has 1 aliphatic carbocycles. The molecule has 1 aromatic heterocycles. The van der Waals surface area contributed by atoms with Crippen LogP contribution in [0.4, 0.5) is 13.2 Å². The lowest BCUT2D eigenvalue weighted by Gasteiger charge is -2.28. The second kappa shape index (κ2) is 9.89. The number of rotatable bonds is 8. The Kier molecular flexibility index (Phi) is 7.29. The SMILES string of the molecule is CCCCCC1CCC(c2cnc(-c3cc(F)c(OCF)c(F)c3)nc2)CC1. The van der Waals surface area contributed by atoms with Crippen LogP contribution in [0.3, 0.4) is 0 Å². The molecule has 0 bridgehead atoms. The molecule has 3 rings (SSSR count). The smallest absolute Gasteiger partial charge is 0.228 e. The zero-order valence-corrected chi connectivity index (χ0v) is 16.3. The van der Waals surface area contributed by atoms with E-state index in [0.717, 1.165) is 36.5 Å². The van der Waals surface area contributed by atoms with Crippen molar-refractivity contribution < 1.29 is 17.9 Å². The molecule has 1 saturated carbocycles. The van der Waals surface area contributed by atoms with Gasteiger partial charge in [-0.3, -0.25) is 0 Å². The van der Waals surface area contributed by atoms with Gasteiger partial charge in [-0.05, 0) is 55.2 Å². The fourth-order valence-electron chi connectivity index (χ4n) is 4.05. The van der Waals surface area contributed by atoms with Crippen molar-refractivity contribution in [2.45, 2.75) is 64.2 Å². The van der Waals surface area contributed by atoms with Gasteiger partial charge < -0.3 is 4.74 Å². The molecular formula is C22H27F3N2O. The van der Waals surface area contributed by atoms with Gasteiger partial charge in [0.25, 0.3) is 0 Å². The Labute approximate surface area is 164 Å². The fourth-order valence-corrected chi connectivity index (χ4v) is 4.05. The zero-order chi connectivity index (χ0) is 19.9. The van der Waals surface area contributed by atoms with Gasteiger partial charge in [-0.25, -0.2) is 23.1 Å². The summed E-state index contributed by atoms with van der Waals surface area (Å²) in [5.74, 6) is -1.15. The average molecular weight is 392 g/mol. The molecule has 0 radical (unpaired) electrons. The first-order chi connectivity index (χ1) is 13.6. The molecule has 1 aromatic carbocycles. The number of halogens is 3.